The van der Waals surface area contributed by atoms with Crippen molar-refractivity contribution in [3.05, 3.63) is 71.8 Å². The number of benzene rings is 2. The first-order valence-corrected chi connectivity index (χ1v) is 6.47. The van der Waals surface area contributed by atoms with Crippen LogP contribution in [0.1, 0.15) is 11.1 Å². The molecule has 0 aromatic heterocycles. The summed E-state index contributed by atoms with van der Waals surface area (Å²) in [5.74, 6) is -5.47. The molecule has 0 heterocycles. The third-order valence-electron chi connectivity index (χ3n) is 3.57. The summed E-state index contributed by atoms with van der Waals surface area (Å²) in [6, 6.07) is 6.80. The average molecular weight is 291 g/mol. The van der Waals surface area contributed by atoms with Gasteiger partial charge in [0.05, 0.1) is 5.56 Å². The molecule has 0 saturated heterocycles. The lowest BCUT2D eigenvalue weighted by Gasteiger charge is -2.15. The first-order valence-electron chi connectivity index (χ1n) is 6.47. The zero-order valence-corrected chi connectivity index (χ0v) is 11.4. The Morgan fingerprint density at radius 2 is 1.29 bits per heavy atom. The number of rotatable bonds is 4. The normalized spacial score (nSPS) is 10.5. The van der Waals surface area contributed by atoms with Gasteiger partial charge in [0.1, 0.15) is 11.6 Å². The summed E-state index contributed by atoms with van der Waals surface area (Å²) in [4.78, 5) is 0. The van der Waals surface area contributed by atoms with E-state index in [1.54, 1.807) is 30.3 Å². The van der Waals surface area contributed by atoms with Crippen LogP contribution in [-0.4, -0.2) is 7.28 Å². The van der Waals surface area contributed by atoms with Crippen molar-refractivity contribution < 1.29 is 17.6 Å². The fourth-order valence-electron chi connectivity index (χ4n) is 2.31. The first-order chi connectivity index (χ1) is 9.99. The second-order valence-corrected chi connectivity index (χ2v) is 4.86. The van der Waals surface area contributed by atoms with Crippen molar-refractivity contribution in [1.29, 1.82) is 0 Å². The fraction of sp³-hybridized carbons (Fsp3) is 0. The predicted octanol–water partition coefficient (Wildman–Crippen LogP) is 2.65. The molecular formula is C16H12BF4-. The van der Waals surface area contributed by atoms with Crippen molar-refractivity contribution in [2.45, 2.75) is 0 Å². The van der Waals surface area contributed by atoms with E-state index in [4.69, 9.17) is 0 Å². The van der Waals surface area contributed by atoms with E-state index in [1.165, 1.54) is 0 Å². The third kappa shape index (κ3) is 2.77. The minimum Gasteiger partial charge on any atom is -0.212 e. The topological polar surface area (TPSA) is 0 Å². The van der Waals surface area contributed by atoms with E-state index in [0.29, 0.717) is 5.46 Å². The molecule has 21 heavy (non-hydrogen) atoms. The van der Waals surface area contributed by atoms with Gasteiger partial charge < -0.3 is 0 Å². The molecule has 2 aromatic rings. The summed E-state index contributed by atoms with van der Waals surface area (Å²) in [6.45, 7) is 6.75. The van der Waals surface area contributed by atoms with Crippen LogP contribution in [0.25, 0.3) is 12.2 Å². The van der Waals surface area contributed by atoms with Gasteiger partial charge in [-0.05, 0) is 5.56 Å². The Morgan fingerprint density at radius 1 is 0.762 bits per heavy atom. The lowest BCUT2D eigenvalue weighted by Crippen LogP contribution is -2.34. The highest BCUT2D eigenvalue weighted by Crippen LogP contribution is 2.18. The molecule has 0 radical (unpaired) electrons. The van der Waals surface area contributed by atoms with Crippen LogP contribution in [-0.2, 0) is 0 Å². The van der Waals surface area contributed by atoms with Crippen LogP contribution in [0.15, 0.2) is 37.4 Å². The SMILES string of the molecule is C=Cc1ccc([BH2-]c2c(F)c(F)c(C=C)c(F)c2F)cc1. The Labute approximate surface area is 120 Å². The van der Waals surface area contributed by atoms with Gasteiger partial charge in [-0.2, -0.15) is 0 Å². The molecule has 0 bridgehead atoms. The maximum Gasteiger partial charge on any atom is 0.165 e. The van der Waals surface area contributed by atoms with E-state index in [1.807, 2.05) is 0 Å². The zero-order chi connectivity index (χ0) is 15.6. The quantitative estimate of drug-likeness (QED) is 0.461. The molecule has 2 rings (SSSR count). The molecule has 108 valence electrons. The molecule has 0 aliphatic heterocycles. The lowest BCUT2D eigenvalue weighted by atomic mass is 9.63. The van der Waals surface area contributed by atoms with Crippen LogP contribution in [0.5, 0.6) is 0 Å². The fourth-order valence-corrected chi connectivity index (χ4v) is 2.31. The van der Waals surface area contributed by atoms with Crippen LogP contribution in [0, 0.1) is 23.3 Å². The van der Waals surface area contributed by atoms with Crippen molar-refractivity contribution in [3.63, 3.8) is 0 Å². The van der Waals surface area contributed by atoms with Crippen LogP contribution in [0.3, 0.4) is 0 Å². The molecule has 0 N–H and O–H groups in total. The van der Waals surface area contributed by atoms with Gasteiger partial charge in [0, 0.05) is 7.28 Å². The molecule has 0 atom stereocenters. The van der Waals surface area contributed by atoms with Crippen molar-refractivity contribution in [2.75, 3.05) is 0 Å². The maximum absolute atomic E-state index is 13.9. The average Bonchev–Trinajstić information content (AvgIpc) is 2.51. The summed E-state index contributed by atoms with van der Waals surface area (Å²) < 4.78 is 55.2. The Bertz CT molecular complexity index is 676. The first kappa shape index (κ1) is 15.1. The lowest BCUT2D eigenvalue weighted by molar-refractivity contribution is 0.460. The molecule has 0 saturated carbocycles. The van der Waals surface area contributed by atoms with E-state index < -0.39 is 41.6 Å². The predicted molar refractivity (Wildman–Crippen MR) is 80.7 cm³/mol. The molecule has 0 amide bonds. The zero-order valence-electron chi connectivity index (χ0n) is 11.4. The minimum absolute atomic E-state index is 0.512. The molecule has 0 fully saturated rings. The molecule has 0 unspecified atom stereocenters. The van der Waals surface area contributed by atoms with Gasteiger partial charge in [0.2, 0.25) is 0 Å². The highest BCUT2D eigenvalue weighted by Gasteiger charge is 2.20. The summed E-state index contributed by atoms with van der Waals surface area (Å²) in [5.41, 5.74) is 0.221. The molecular weight excluding hydrogens is 279 g/mol. The van der Waals surface area contributed by atoms with Gasteiger partial charge in [0.15, 0.2) is 11.6 Å². The summed E-state index contributed by atoms with van der Waals surface area (Å²) in [5, 5.41) is 0. The number of hydrogen-bond acceptors (Lipinski definition) is 0. The Balaban J connectivity index is 2.48. The summed E-state index contributed by atoms with van der Waals surface area (Å²) in [7, 11) is -1.54. The van der Waals surface area contributed by atoms with Gasteiger partial charge in [-0.3, -0.25) is 0 Å². The van der Waals surface area contributed by atoms with Gasteiger partial charge in [0.25, 0.3) is 0 Å². The third-order valence-corrected chi connectivity index (χ3v) is 3.57. The molecule has 0 aliphatic rings. The van der Waals surface area contributed by atoms with Crippen molar-refractivity contribution in [1.82, 2.24) is 0 Å². The second kappa shape index (κ2) is 6.00. The smallest absolute Gasteiger partial charge is 0.165 e. The molecule has 5 heteroatoms. The Hall–Kier alpha value is -2.30. The van der Waals surface area contributed by atoms with Gasteiger partial charge in [-0.15, -0.1) is 5.46 Å². The highest BCUT2D eigenvalue weighted by molar-refractivity contribution is 6.67. The molecule has 0 spiro atoms. The molecule has 0 nitrogen and oxygen atoms in total. The largest absolute Gasteiger partial charge is 0.212 e. The minimum atomic E-state index is -1.54. The number of halogens is 4. The van der Waals surface area contributed by atoms with Crippen molar-refractivity contribution in [3.8, 4) is 0 Å². The standard InChI is InChI=1S/C16H12BF4/c1-3-9-5-7-10(8-6-9)17-12-15(20)13(18)11(4-2)14(19)16(12)21/h3-8H,1-2,17H2/q-1. The van der Waals surface area contributed by atoms with Crippen molar-refractivity contribution in [2.24, 2.45) is 0 Å². The van der Waals surface area contributed by atoms with E-state index in [0.717, 1.165) is 11.6 Å². The van der Waals surface area contributed by atoms with E-state index >= 15 is 0 Å². The van der Waals surface area contributed by atoms with Crippen LogP contribution in [0.4, 0.5) is 17.6 Å². The van der Waals surface area contributed by atoms with Crippen molar-refractivity contribution >= 4 is 30.4 Å². The Kier molecular flexibility index (Phi) is 4.31. The van der Waals surface area contributed by atoms with Gasteiger partial charge in [-0.25, -0.2) is 23.0 Å². The van der Waals surface area contributed by atoms with Gasteiger partial charge >= 0.3 is 0 Å². The van der Waals surface area contributed by atoms with E-state index in [-0.39, 0.29) is 0 Å². The molecule has 2 aromatic carbocycles. The summed E-state index contributed by atoms with van der Waals surface area (Å²) >= 11 is 0. The summed E-state index contributed by atoms with van der Waals surface area (Å²) in [6.07, 6.45) is 2.39. The van der Waals surface area contributed by atoms with Gasteiger partial charge in [-0.1, -0.05) is 49.6 Å². The van der Waals surface area contributed by atoms with E-state index in [2.05, 4.69) is 13.2 Å². The van der Waals surface area contributed by atoms with Crippen LogP contribution < -0.4 is 10.9 Å². The van der Waals surface area contributed by atoms with Crippen LogP contribution in [0.2, 0.25) is 0 Å². The monoisotopic (exact) mass is 291 g/mol. The second-order valence-electron chi connectivity index (χ2n) is 4.86. The maximum atomic E-state index is 13.9. The Morgan fingerprint density at radius 3 is 1.71 bits per heavy atom. The van der Waals surface area contributed by atoms with Crippen LogP contribution >= 0.6 is 0 Å². The highest BCUT2D eigenvalue weighted by atomic mass is 19.2. The van der Waals surface area contributed by atoms with E-state index in [9.17, 15) is 17.6 Å². The molecule has 0 aliphatic carbocycles. The number of hydrogen-bond donors (Lipinski definition) is 0.